The molecule has 1 rings (SSSR count). The van der Waals surface area contributed by atoms with Crippen LogP contribution in [0.1, 0.15) is 66.2 Å². The minimum Gasteiger partial charge on any atom is -0.461 e. The lowest BCUT2D eigenvalue weighted by atomic mass is 10.0. The van der Waals surface area contributed by atoms with Crippen molar-refractivity contribution >= 4 is 11.8 Å². The molecule has 1 atom stereocenters. The van der Waals surface area contributed by atoms with E-state index >= 15 is 0 Å². The van der Waals surface area contributed by atoms with Gasteiger partial charge in [-0.2, -0.15) is 0 Å². The quantitative estimate of drug-likeness (QED) is 0.590. The highest BCUT2D eigenvalue weighted by molar-refractivity contribution is 6.05. The molecular weight excluding hydrogens is 292 g/mol. The van der Waals surface area contributed by atoms with Crippen molar-refractivity contribution in [1.29, 1.82) is 0 Å². The Kier molecular flexibility index (Phi) is 7.01. The van der Waals surface area contributed by atoms with Crippen LogP contribution in [0.4, 0.5) is 0 Å². The van der Waals surface area contributed by atoms with Crippen molar-refractivity contribution in [3.05, 3.63) is 22.5 Å². The fourth-order valence-corrected chi connectivity index (χ4v) is 2.73. The predicted molar refractivity (Wildman–Crippen MR) is 92.1 cm³/mol. The number of ether oxygens (including phenoxy) is 1. The first-order valence-corrected chi connectivity index (χ1v) is 8.32. The number of hydrogen-bond acceptors (Lipinski definition) is 4. The molecule has 0 amide bonds. The zero-order valence-electron chi connectivity index (χ0n) is 15.4. The number of esters is 1. The number of aromatic nitrogens is 1. The maximum Gasteiger partial charge on any atom is 0.355 e. The third kappa shape index (κ3) is 4.44. The van der Waals surface area contributed by atoms with Gasteiger partial charge in [0.2, 0.25) is 0 Å². The summed E-state index contributed by atoms with van der Waals surface area (Å²) in [4.78, 5) is 24.9. The molecule has 1 aromatic rings. The third-order valence-electron chi connectivity index (χ3n) is 4.21. The summed E-state index contributed by atoms with van der Waals surface area (Å²) in [6, 6.07) is -0.274. The summed E-state index contributed by atoms with van der Waals surface area (Å²) in [5, 5.41) is 3.27. The molecule has 0 aliphatic heterocycles. The van der Waals surface area contributed by atoms with E-state index in [1.165, 1.54) is 0 Å². The van der Waals surface area contributed by atoms with E-state index < -0.39 is 0 Å². The smallest absolute Gasteiger partial charge is 0.355 e. The van der Waals surface area contributed by atoms with Crippen LogP contribution in [-0.4, -0.2) is 35.5 Å². The second kappa shape index (κ2) is 8.29. The Morgan fingerprint density at radius 1 is 1.22 bits per heavy atom. The van der Waals surface area contributed by atoms with Crippen LogP contribution >= 0.6 is 0 Å². The molecule has 0 aromatic carbocycles. The average molecular weight is 322 g/mol. The van der Waals surface area contributed by atoms with Crippen LogP contribution in [0.15, 0.2) is 0 Å². The van der Waals surface area contributed by atoms with Gasteiger partial charge in [-0.3, -0.25) is 4.79 Å². The van der Waals surface area contributed by atoms with Crippen molar-refractivity contribution in [1.82, 2.24) is 9.88 Å². The van der Waals surface area contributed by atoms with Crippen LogP contribution in [0.5, 0.6) is 0 Å². The van der Waals surface area contributed by atoms with Gasteiger partial charge in [0, 0.05) is 18.3 Å². The number of nitrogens with zero attached hydrogens (tertiary/aromatic N) is 1. The van der Waals surface area contributed by atoms with Crippen LogP contribution in [-0.2, 0) is 11.8 Å². The standard InChI is InChI=1S/C18H30N2O3/c1-8-23-18(22)16-12(4)15(14(6)20(16)7)17(21)13(5)19-10-9-11(2)3/h11,13,19H,8-10H2,1-7H3. The first-order chi connectivity index (χ1) is 10.7. The average Bonchev–Trinajstić information content (AvgIpc) is 2.68. The van der Waals surface area contributed by atoms with Gasteiger partial charge < -0.3 is 14.6 Å². The van der Waals surface area contributed by atoms with E-state index in [1.54, 1.807) is 18.5 Å². The highest BCUT2D eigenvalue weighted by Gasteiger charge is 2.27. The van der Waals surface area contributed by atoms with E-state index in [4.69, 9.17) is 4.74 Å². The molecule has 5 heteroatoms. The maximum atomic E-state index is 12.8. The molecule has 5 nitrogen and oxygen atoms in total. The van der Waals surface area contributed by atoms with Crippen molar-refractivity contribution in [2.45, 2.75) is 54.0 Å². The molecule has 0 saturated heterocycles. The lowest BCUT2D eigenvalue weighted by Crippen LogP contribution is -2.35. The number of carbonyl (C=O) groups excluding carboxylic acids is 2. The van der Waals surface area contributed by atoms with Gasteiger partial charge in [0.15, 0.2) is 5.78 Å². The summed E-state index contributed by atoms with van der Waals surface area (Å²) in [5.74, 6) is 0.241. The summed E-state index contributed by atoms with van der Waals surface area (Å²) >= 11 is 0. The van der Waals surface area contributed by atoms with E-state index in [0.717, 1.165) is 18.7 Å². The van der Waals surface area contributed by atoms with Gasteiger partial charge in [0.1, 0.15) is 5.69 Å². The van der Waals surface area contributed by atoms with Crippen LogP contribution in [0.25, 0.3) is 0 Å². The van der Waals surface area contributed by atoms with Crippen LogP contribution in [0.3, 0.4) is 0 Å². The highest BCUT2D eigenvalue weighted by atomic mass is 16.5. The van der Waals surface area contributed by atoms with Gasteiger partial charge in [-0.25, -0.2) is 4.79 Å². The molecular formula is C18H30N2O3. The SMILES string of the molecule is CCOC(=O)c1c(C)c(C(=O)C(C)NCCC(C)C)c(C)n1C. The topological polar surface area (TPSA) is 60.3 Å². The Balaban J connectivity index is 3.01. The largest absolute Gasteiger partial charge is 0.461 e. The molecule has 23 heavy (non-hydrogen) atoms. The van der Waals surface area contributed by atoms with Gasteiger partial charge in [0.05, 0.1) is 12.6 Å². The van der Waals surface area contributed by atoms with E-state index in [1.807, 2.05) is 20.8 Å². The molecule has 0 aliphatic carbocycles. The number of ketones is 1. The molecule has 0 fully saturated rings. The van der Waals surface area contributed by atoms with Crippen molar-refractivity contribution in [3.63, 3.8) is 0 Å². The van der Waals surface area contributed by atoms with Crippen molar-refractivity contribution in [3.8, 4) is 0 Å². The minimum atomic E-state index is -0.380. The zero-order valence-corrected chi connectivity index (χ0v) is 15.4. The fraction of sp³-hybridized carbons (Fsp3) is 0.667. The number of rotatable bonds is 8. The lowest BCUT2D eigenvalue weighted by molar-refractivity contribution is 0.0514. The zero-order chi connectivity index (χ0) is 17.7. The summed E-state index contributed by atoms with van der Waals surface area (Å²) in [6.07, 6.45) is 1.03. The first-order valence-electron chi connectivity index (χ1n) is 8.32. The first kappa shape index (κ1) is 19.4. The minimum absolute atomic E-state index is 0.0231. The van der Waals surface area contributed by atoms with E-state index in [2.05, 4.69) is 19.2 Å². The van der Waals surface area contributed by atoms with Crippen LogP contribution in [0.2, 0.25) is 0 Å². The molecule has 0 bridgehead atoms. The molecule has 0 radical (unpaired) electrons. The van der Waals surface area contributed by atoms with Crippen LogP contribution in [0, 0.1) is 19.8 Å². The molecule has 1 aromatic heterocycles. The summed E-state index contributed by atoms with van der Waals surface area (Å²) in [7, 11) is 1.79. The Bertz CT molecular complexity index is 573. The number of Topliss-reactive ketones (excluding diaryl/α,β-unsaturated/α-hetero) is 1. The molecule has 0 saturated carbocycles. The Labute approximate surface area is 139 Å². The molecule has 1 unspecified atom stereocenters. The fourth-order valence-electron chi connectivity index (χ4n) is 2.73. The van der Waals surface area contributed by atoms with Crippen molar-refractivity contribution < 1.29 is 14.3 Å². The van der Waals surface area contributed by atoms with Crippen molar-refractivity contribution in [2.75, 3.05) is 13.2 Å². The maximum absolute atomic E-state index is 12.8. The van der Waals surface area contributed by atoms with Gasteiger partial charge in [0.25, 0.3) is 0 Å². The highest BCUT2D eigenvalue weighted by Crippen LogP contribution is 2.23. The van der Waals surface area contributed by atoms with Gasteiger partial charge in [-0.15, -0.1) is 0 Å². The molecule has 1 heterocycles. The van der Waals surface area contributed by atoms with Crippen LogP contribution < -0.4 is 5.32 Å². The van der Waals surface area contributed by atoms with E-state index in [0.29, 0.717) is 29.3 Å². The molecule has 1 N–H and O–H groups in total. The second-order valence-electron chi connectivity index (χ2n) is 6.44. The molecule has 130 valence electrons. The second-order valence-corrected chi connectivity index (χ2v) is 6.44. The number of hydrogen-bond donors (Lipinski definition) is 1. The Hall–Kier alpha value is -1.62. The van der Waals surface area contributed by atoms with E-state index in [-0.39, 0.29) is 17.8 Å². The number of nitrogens with one attached hydrogen (secondary N) is 1. The normalized spacial score (nSPS) is 12.5. The van der Waals surface area contributed by atoms with Gasteiger partial charge in [-0.1, -0.05) is 13.8 Å². The van der Waals surface area contributed by atoms with Gasteiger partial charge in [-0.05, 0) is 52.1 Å². The van der Waals surface area contributed by atoms with E-state index in [9.17, 15) is 9.59 Å². The molecule has 0 aliphatic rings. The number of carbonyl (C=O) groups is 2. The predicted octanol–water partition coefficient (Wildman–Crippen LogP) is 3.03. The monoisotopic (exact) mass is 322 g/mol. The summed E-state index contributed by atoms with van der Waals surface area (Å²) in [6.45, 7) is 12.8. The Morgan fingerprint density at radius 2 is 1.83 bits per heavy atom. The van der Waals surface area contributed by atoms with Crippen molar-refractivity contribution in [2.24, 2.45) is 13.0 Å². The molecule has 0 spiro atoms. The summed E-state index contributed by atoms with van der Waals surface area (Å²) in [5.41, 5.74) is 2.58. The van der Waals surface area contributed by atoms with Gasteiger partial charge >= 0.3 is 5.97 Å². The Morgan fingerprint density at radius 3 is 2.35 bits per heavy atom. The lowest BCUT2D eigenvalue weighted by Gasteiger charge is -2.14. The summed E-state index contributed by atoms with van der Waals surface area (Å²) < 4.78 is 6.85. The third-order valence-corrected chi connectivity index (χ3v) is 4.21.